The Bertz CT molecular complexity index is 343. The van der Waals surface area contributed by atoms with Gasteiger partial charge in [0.15, 0.2) is 5.78 Å². The molecule has 0 aromatic carbocycles. The van der Waals surface area contributed by atoms with Crippen LogP contribution < -0.4 is 0 Å². The van der Waals surface area contributed by atoms with Crippen molar-refractivity contribution >= 4 is 21.7 Å². The molecule has 0 saturated heterocycles. The van der Waals surface area contributed by atoms with Gasteiger partial charge in [-0.1, -0.05) is 0 Å². The summed E-state index contributed by atoms with van der Waals surface area (Å²) in [5.41, 5.74) is 0.725. The molecule has 64 valence electrons. The largest absolute Gasteiger partial charge is 0.325 e. The molecule has 4 heteroatoms. The second kappa shape index (κ2) is 2.69. The first kappa shape index (κ1) is 7.98. The minimum atomic E-state index is 0.0857. The molecule has 0 amide bonds. The maximum Gasteiger partial charge on any atom is 0.178 e. The summed E-state index contributed by atoms with van der Waals surface area (Å²) in [6, 6.07) is 0. The van der Waals surface area contributed by atoms with Gasteiger partial charge in [0.1, 0.15) is 16.1 Å². The van der Waals surface area contributed by atoms with Gasteiger partial charge in [0.05, 0.1) is 0 Å². The molecule has 12 heavy (non-hydrogen) atoms. The number of ketones is 1. The van der Waals surface area contributed by atoms with E-state index in [1.807, 2.05) is 4.57 Å². The van der Waals surface area contributed by atoms with Crippen molar-refractivity contribution in [3.8, 4) is 0 Å². The minimum Gasteiger partial charge on any atom is -0.325 e. The fraction of sp³-hybridized carbons (Fsp3) is 0.500. The zero-order valence-electron chi connectivity index (χ0n) is 6.80. The average molecular weight is 229 g/mol. The standard InChI is InChI=1S/C8H9BrN2O/c1-5(12)7-8(9)10-6-3-2-4-11(6)7/h2-4H2,1H3. The number of rotatable bonds is 1. The van der Waals surface area contributed by atoms with E-state index < -0.39 is 0 Å². The highest BCUT2D eigenvalue weighted by atomic mass is 79.9. The molecule has 3 nitrogen and oxygen atoms in total. The molecule has 1 aromatic heterocycles. The van der Waals surface area contributed by atoms with E-state index in [1.54, 1.807) is 6.92 Å². The summed E-state index contributed by atoms with van der Waals surface area (Å²) >= 11 is 3.29. The molecule has 0 aliphatic carbocycles. The van der Waals surface area contributed by atoms with Gasteiger partial charge in [-0.3, -0.25) is 4.79 Å². The summed E-state index contributed by atoms with van der Waals surface area (Å²) in [5, 5.41) is 0. The Morgan fingerprint density at radius 2 is 2.42 bits per heavy atom. The van der Waals surface area contributed by atoms with Crippen LogP contribution in [0.2, 0.25) is 0 Å². The molecular weight excluding hydrogens is 220 g/mol. The fourth-order valence-corrected chi connectivity index (χ4v) is 2.33. The number of hydrogen-bond donors (Lipinski definition) is 0. The maximum atomic E-state index is 11.2. The highest BCUT2D eigenvalue weighted by Crippen LogP contribution is 2.23. The van der Waals surface area contributed by atoms with E-state index in [4.69, 9.17) is 0 Å². The van der Waals surface area contributed by atoms with Crippen molar-refractivity contribution in [3.63, 3.8) is 0 Å². The second-order valence-corrected chi connectivity index (χ2v) is 3.73. The van der Waals surface area contributed by atoms with Crippen molar-refractivity contribution in [1.82, 2.24) is 9.55 Å². The van der Waals surface area contributed by atoms with Crippen molar-refractivity contribution < 1.29 is 4.79 Å². The Balaban J connectivity index is 2.59. The first-order valence-corrected chi connectivity index (χ1v) is 4.75. The topological polar surface area (TPSA) is 34.9 Å². The van der Waals surface area contributed by atoms with E-state index in [-0.39, 0.29) is 5.78 Å². The molecular formula is C8H9BrN2O. The van der Waals surface area contributed by atoms with E-state index in [0.717, 1.165) is 30.9 Å². The van der Waals surface area contributed by atoms with Crippen LogP contribution >= 0.6 is 15.9 Å². The van der Waals surface area contributed by atoms with Crippen molar-refractivity contribution in [1.29, 1.82) is 0 Å². The number of carbonyl (C=O) groups excluding carboxylic acids is 1. The highest BCUT2D eigenvalue weighted by Gasteiger charge is 2.21. The molecule has 0 bridgehead atoms. The van der Waals surface area contributed by atoms with Gasteiger partial charge in [-0.05, 0) is 22.4 Å². The number of nitrogens with zero attached hydrogens (tertiary/aromatic N) is 2. The van der Waals surface area contributed by atoms with Gasteiger partial charge in [-0.25, -0.2) is 4.98 Å². The number of halogens is 1. The maximum absolute atomic E-state index is 11.2. The van der Waals surface area contributed by atoms with Crippen molar-refractivity contribution in [2.75, 3.05) is 0 Å². The van der Waals surface area contributed by atoms with Crippen LogP contribution in [0.15, 0.2) is 4.60 Å². The van der Waals surface area contributed by atoms with E-state index in [9.17, 15) is 4.79 Å². The van der Waals surface area contributed by atoms with Crippen LogP contribution in [-0.2, 0) is 13.0 Å². The molecule has 0 spiro atoms. The second-order valence-electron chi connectivity index (χ2n) is 2.98. The highest BCUT2D eigenvalue weighted by molar-refractivity contribution is 9.10. The van der Waals surface area contributed by atoms with Gasteiger partial charge < -0.3 is 4.57 Å². The average Bonchev–Trinajstić information content (AvgIpc) is 2.44. The van der Waals surface area contributed by atoms with Gasteiger partial charge in [-0.2, -0.15) is 0 Å². The lowest BCUT2D eigenvalue weighted by Gasteiger charge is -1.99. The quantitative estimate of drug-likeness (QED) is 0.688. The molecule has 0 saturated carbocycles. The third-order valence-electron chi connectivity index (χ3n) is 2.12. The van der Waals surface area contributed by atoms with E-state index in [0.29, 0.717) is 4.60 Å². The van der Waals surface area contributed by atoms with Crippen LogP contribution in [0.1, 0.15) is 29.7 Å². The smallest absolute Gasteiger partial charge is 0.178 e. The number of fused-ring (bicyclic) bond motifs is 1. The summed E-state index contributed by atoms with van der Waals surface area (Å²) < 4.78 is 2.71. The van der Waals surface area contributed by atoms with Crippen LogP contribution in [0, 0.1) is 0 Å². The minimum absolute atomic E-state index is 0.0857. The third-order valence-corrected chi connectivity index (χ3v) is 2.67. The molecule has 0 radical (unpaired) electrons. The predicted molar refractivity (Wildman–Crippen MR) is 48.3 cm³/mol. The van der Waals surface area contributed by atoms with Crippen LogP contribution in [0.25, 0.3) is 0 Å². The molecule has 0 fully saturated rings. The Morgan fingerprint density at radius 3 is 3.08 bits per heavy atom. The molecule has 2 heterocycles. The fourth-order valence-electron chi connectivity index (χ4n) is 1.63. The van der Waals surface area contributed by atoms with Gasteiger partial charge in [0, 0.05) is 19.9 Å². The zero-order chi connectivity index (χ0) is 8.72. The summed E-state index contributed by atoms with van der Waals surface area (Å²) in [4.78, 5) is 15.5. The molecule has 0 N–H and O–H groups in total. The van der Waals surface area contributed by atoms with Gasteiger partial charge in [0.2, 0.25) is 0 Å². The number of hydrogen-bond acceptors (Lipinski definition) is 2. The van der Waals surface area contributed by atoms with E-state index in [2.05, 4.69) is 20.9 Å². The van der Waals surface area contributed by atoms with Gasteiger partial charge in [-0.15, -0.1) is 0 Å². The lowest BCUT2D eigenvalue weighted by Crippen LogP contribution is -2.04. The first-order chi connectivity index (χ1) is 5.70. The Labute approximate surface area is 78.9 Å². The lowest BCUT2D eigenvalue weighted by atomic mass is 10.3. The summed E-state index contributed by atoms with van der Waals surface area (Å²) in [6.07, 6.45) is 2.10. The summed E-state index contributed by atoms with van der Waals surface area (Å²) in [6.45, 7) is 2.51. The molecule has 1 aromatic rings. The van der Waals surface area contributed by atoms with Crippen LogP contribution in [0.4, 0.5) is 0 Å². The van der Waals surface area contributed by atoms with E-state index in [1.165, 1.54) is 0 Å². The zero-order valence-corrected chi connectivity index (χ0v) is 8.39. The lowest BCUT2D eigenvalue weighted by molar-refractivity contribution is 0.100. The molecule has 2 rings (SSSR count). The number of aromatic nitrogens is 2. The molecule has 1 aliphatic heterocycles. The number of imidazole rings is 1. The first-order valence-electron chi connectivity index (χ1n) is 3.96. The van der Waals surface area contributed by atoms with Crippen molar-refractivity contribution in [3.05, 3.63) is 16.1 Å². The van der Waals surface area contributed by atoms with Crippen LogP contribution in [0.5, 0.6) is 0 Å². The summed E-state index contributed by atoms with van der Waals surface area (Å²) in [5.74, 6) is 1.12. The SMILES string of the molecule is CC(=O)c1c(Br)nc2n1CCC2. The Morgan fingerprint density at radius 1 is 1.67 bits per heavy atom. The van der Waals surface area contributed by atoms with Crippen LogP contribution in [-0.4, -0.2) is 15.3 Å². The van der Waals surface area contributed by atoms with Crippen LogP contribution in [0.3, 0.4) is 0 Å². The van der Waals surface area contributed by atoms with Crippen molar-refractivity contribution in [2.24, 2.45) is 0 Å². The molecule has 1 aliphatic rings. The number of carbonyl (C=O) groups is 1. The van der Waals surface area contributed by atoms with Gasteiger partial charge in [0.25, 0.3) is 0 Å². The summed E-state index contributed by atoms with van der Waals surface area (Å²) in [7, 11) is 0. The molecule has 0 atom stereocenters. The molecule has 0 unspecified atom stereocenters. The third kappa shape index (κ3) is 1.02. The van der Waals surface area contributed by atoms with Gasteiger partial charge >= 0.3 is 0 Å². The Kier molecular flexibility index (Phi) is 1.79. The normalized spacial score (nSPS) is 14.8. The monoisotopic (exact) mass is 228 g/mol. The Hall–Kier alpha value is -0.640. The number of aryl methyl sites for hydroxylation is 1. The van der Waals surface area contributed by atoms with Crippen molar-refractivity contribution in [2.45, 2.75) is 26.3 Å². The number of Topliss-reactive ketones (excluding diaryl/α,β-unsaturated/α-hetero) is 1. The predicted octanol–water partition coefficient (Wildman–Crippen LogP) is 1.79. The van der Waals surface area contributed by atoms with E-state index >= 15 is 0 Å².